The summed E-state index contributed by atoms with van der Waals surface area (Å²) in [5, 5.41) is 4.78. The van der Waals surface area contributed by atoms with Gasteiger partial charge in [-0.05, 0) is 68.9 Å². The molecule has 2 heterocycles. The number of para-hydroxylation sites is 1. The molecule has 0 atom stereocenters. The zero-order valence-electron chi connectivity index (χ0n) is 31.1. The van der Waals surface area contributed by atoms with E-state index in [0.29, 0.717) is 40.8 Å². The fourth-order valence-electron chi connectivity index (χ4n) is 5.15. The number of nitrogens with one attached hydrogen (secondary N) is 2. The van der Waals surface area contributed by atoms with Gasteiger partial charge in [0, 0.05) is 42.6 Å². The minimum atomic E-state index is -0.0952. The van der Waals surface area contributed by atoms with Crippen LogP contribution in [0.4, 0.5) is 5.69 Å². The lowest BCUT2D eigenvalue weighted by Crippen LogP contribution is -2.45. The predicted molar refractivity (Wildman–Crippen MR) is 205 cm³/mol. The average Bonchev–Trinajstić information content (AvgIpc) is 3.97. The van der Waals surface area contributed by atoms with Crippen molar-refractivity contribution in [1.82, 2.24) is 25.6 Å². The Morgan fingerprint density at radius 1 is 1.18 bits per heavy atom. The molecule has 0 unspecified atom stereocenters. The number of hydrogen-bond acceptors (Lipinski definition) is 7. The Hall–Kier alpha value is -5.18. The lowest BCUT2D eigenvalue weighted by Gasteiger charge is -2.31. The standard InChI is InChI=1S/C39H48N6O3.C2H6/c1-9-13-29-20-21-40-32(22-29)25-44(7)39(47)27(5)16-17-30(11-3)33-14-12-15-34(37(33)48-8)41-35-23-36(42-38(46)31-18-19-31)43-45(28(35)6)24-26(4)10-2;1-2/h11-12,14-17,20-24,31,43H,3,6,9-10,13,18-19,25H2,1-2,4-5,7-8H3,(H,42,46);1-2H3/b26-24-,27-16+,30-17+,41-35?;. The monoisotopic (exact) mass is 678 g/mol. The molecule has 2 N–H and O–H groups in total. The van der Waals surface area contributed by atoms with Gasteiger partial charge in [-0.15, -0.1) is 0 Å². The van der Waals surface area contributed by atoms with Crippen molar-refractivity contribution in [3.05, 3.63) is 120 Å². The van der Waals surface area contributed by atoms with Crippen LogP contribution in [0.5, 0.6) is 5.75 Å². The molecular weight excluding hydrogens is 624 g/mol. The SMILES string of the molecule is C=C/C(=C\C=C(/C)C(=O)N(C)Cc1cc(CCC)ccn1)c1cccc(N=C2C=C(NC(=O)C3CC3)NN(/C=C(/C)CC)C2=C)c1OC.CC. The lowest BCUT2D eigenvalue weighted by molar-refractivity contribution is -0.126. The van der Waals surface area contributed by atoms with Gasteiger partial charge in [0.2, 0.25) is 11.8 Å². The van der Waals surface area contributed by atoms with Crippen molar-refractivity contribution in [2.75, 3.05) is 14.2 Å². The van der Waals surface area contributed by atoms with Crippen molar-refractivity contribution < 1.29 is 14.3 Å². The number of nitrogens with zero attached hydrogens (tertiary/aromatic N) is 4. The van der Waals surface area contributed by atoms with Crippen LogP contribution in [0.25, 0.3) is 5.57 Å². The van der Waals surface area contributed by atoms with Gasteiger partial charge in [-0.25, -0.2) is 4.99 Å². The molecule has 1 aromatic carbocycles. The van der Waals surface area contributed by atoms with E-state index in [2.05, 4.69) is 48.8 Å². The third-order valence-corrected chi connectivity index (χ3v) is 8.21. The number of rotatable bonds is 14. The maximum absolute atomic E-state index is 13.3. The topological polar surface area (TPSA) is 99.2 Å². The number of hydrogen-bond donors (Lipinski definition) is 2. The highest BCUT2D eigenvalue weighted by molar-refractivity contribution is 6.10. The molecule has 4 rings (SSSR count). The van der Waals surface area contributed by atoms with E-state index >= 15 is 0 Å². The molecule has 2 amide bonds. The lowest BCUT2D eigenvalue weighted by atomic mass is 10.0. The van der Waals surface area contributed by atoms with E-state index in [9.17, 15) is 9.59 Å². The second-order valence-electron chi connectivity index (χ2n) is 12.2. The summed E-state index contributed by atoms with van der Waals surface area (Å²) in [5.41, 5.74) is 10.3. The first-order chi connectivity index (χ1) is 24.1. The van der Waals surface area contributed by atoms with E-state index < -0.39 is 0 Å². The van der Waals surface area contributed by atoms with E-state index in [0.717, 1.165) is 54.5 Å². The Morgan fingerprint density at radius 2 is 1.92 bits per heavy atom. The molecule has 0 bridgehead atoms. The van der Waals surface area contributed by atoms with Crippen molar-refractivity contribution in [1.29, 1.82) is 0 Å². The van der Waals surface area contributed by atoms with Crippen LogP contribution in [0.2, 0.25) is 0 Å². The summed E-state index contributed by atoms with van der Waals surface area (Å²) in [5.74, 6) is 1.01. The number of aryl methyl sites for hydroxylation is 1. The molecule has 9 nitrogen and oxygen atoms in total. The Kier molecular flexibility index (Phi) is 15.0. The summed E-state index contributed by atoms with van der Waals surface area (Å²) in [7, 11) is 3.38. The zero-order chi connectivity index (χ0) is 36.8. The van der Waals surface area contributed by atoms with E-state index in [1.54, 1.807) is 55.4 Å². The van der Waals surface area contributed by atoms with Gasteiger partial charge in [0.1, 0.15) is 11.5 Å². The van der Waals surface area contributed by atoms with Gasteiger partial charge in [-0.1, -0.05) is 83.2 Å². The van der Waals surface area contributed by atoms with E-state index in [4.69, 9.17) is 9.73 Å². The van der Waals surface area contributed by atoms with Gasteiger partial charge in [-0.3, -0.25) is 25.0 Å². The number of likely N-dealkylation sites (N-methyl/N-ethyl adjacent to an activating group) is 1. The highest BCUT2D eigenvalue weighted by atomic mass is 16.5. The molecule has 1 fully saturated rings. The molecule has 50 heavy (non-hydrogen) atoms. The van der Waals surface area contributed by atoms with E-state index in [1.807, 2.05) is 57.3 Å². The summed E-state index contributed by atoms with van der Waals surface area (Å²) >= 11 is 0. The molecule has 266 valence electrons. The zero-order valence-corrected chi connectivity index (χ0v) is 31.1. The Labute approximate surface area is 298 Å². The number of carbonyl (C=O) groups excluding carboxylic acids is 2. The number of carbonyl (C=O) groups is 2. The minimum Gasteiger partial charge on any atom is -0.494 e. The van der Waals surface area contributed by atoms with Crippen LogP contribution < -0.4 is 15.5 Å². The van der Waals surface area contributed by atoms with Gasteiger partial charge in [0.25, 0.3) is 0 Å². The van der Waals surface area contributed by atoms with Crippen molar-refractivity contribution in [3.63, 3.8) is 0 Å². The van der Waals surface area contributed by atoms with Gasteiger partial charge < -0.3 is 15.0 Å². The molecule has 0 radical (unpaired) electrons. The van der Waals surface area contributed by atoms with Gasteiger partial charge >= 0.3 is 0 Å². The number of allylic oxidation sites excluding steroid dienone is 6. The first-order valence-electron chi connectivity index (χ1n) is 17.5. The highest BCUT2D eigenvalue weighted by Gasteiger charge is 2.31. The number of amides is 2. The average molecular weight is 679 g/mol. The van der Waals surface area contributed by atoms with E-state index in [-0.39, 0.29) is 17.7 Å². The number of ether oxygens (including phenoxy) is 1. The summed E-state index contributed by atoms with van der Waals surface area (Å²) in [4.78, 5) is 36.9. The van der Waals surface area contributed by atoms with Crippen LogP contribution in [0.1, 0.15) is 84.0 Å². The van der Waals surface area contributed by atoms with Crippen molar-refractivity contribution >= 4 is 28.8 Å². The third kappa shape index (κ3) is 10.7. The molecule has 0 spiro atoms. The second kappa shape index (κ2) is 19.1. The number of methoxy groups -OCH3 is 1. The molecular formula is C41H54N6O3. The number of aromatic nitrogens is 1. The first-order valence-corrected chi connectivity index (χ1v) is 17.5. The van der Waals surface area contributed by atoms with Crippen LogP contribution in [0.3, 0.4) is 0 Å². The molecule has 1 aliphatic heterocycles. The summed E-state index contributed by atoms with van der Waals surface area (Å²) in [6.07, 6.45) is 15.6. The largest absolute Gasteiger partial charge is 0.494 e. The van der Waals surface area contributed by atoms with Crippen LogP contribution in [0, 0.1) is 5.92 Å². The number of benzene rings is 1. The minimum absolute atomic E-state index is 0.0111. The summed E-state index contributed by atoms with van der Waals surface area (Å²) in [6.45, 7) is 20.8. The van der Waals surface area contributed by atoms with Gasteiger partial charge in [-0.2, -0.15) is 0 Å². The Bertz CT molecular complexity index is 1710. The highest BCUT2D eigenvalue weighted by Crippen LogP contribution is 2.37. The number of pyridine rings is 1. The molecule has 9 heteroatoms. The molecule has 2 aliphatic rings. The fourth-order valence-corrected chi connectivity index (χ4v) is 5.15. The summed E-state index contributed by atoms with van der Waals surface area (Å²) < 4.78 is 5.90. The van der Waals surface area contributed by atoms with Crippen molar-refractivity contribution in [2.24, 2.45) is 10.9 Å². The Morgan fingerprint density at radius 3 is 2.56 bits per heavy atom. The molecule has 2 aromatic rings. The molecule has 0 saturated heterocycles. The van der Waals surface area contributed by atoms with Crippen LogP contribution in [-0.4, -0.2) is 46.6 Å². The van der Waals surface area contributed by atoms with Gasteiger partial charge in [0.05, 0.1) is 30.8 Å². The normalized spacial score (nSPS) is 15.8. The summed E-state index contributed by atoms with van der Waals surface area (Å²) in [6, 6.07) is 9.76. The molecule has 1 aromatic heterocycles. The predicted octanol–water partition coefficient (Wildman–Crippen LogP) is 8.33. The van der Waals surface area contributed by atoms with Crippen LogP contribution in [0.15, 0.2) is 108 Å². The third-order valence-electron chi connectivity index (χ3n) is 8.21. The first kappa shape index (κ1) is 39.3. The van der Waals surface area contributed by atoms with E-state index in [1.165, 1.54) is 5.56 Å². The molecule has 1 aliphatic carbocycles. The second-order valence-corrected chi connectivity index (χ2v) is 12.2. The van der Waals surface area contributed by atoms with Crippen molar-refractivity contribution in [2.45, 2.75) is 80.2 Å². The number of hydrazine groups is 1. The maximum Gasteiger partial charge on any atom is 0.249 e. The maximum atomic E-state index is 13.3. The van der Waals surface area contributed by atoms with Crippen LogP contribution >= 0.6 is 0 Å². The Balaban J connectivity index is 0.00000332. The fraction of sp³-hybridized carbons (Fsp3) is 0.366. The smallest absolute Gasteiger partial charge is 0.249 e. The number of aliphatic imine (C=N–C) groups is 1. The van der Waals surface area contributed by atoms with Crippen LogP contribution in [-0.2, 0) is 22.6 Å². The van der Waals surface area contributed by atoms with Gasteiger partial charge in [0.15, 0.2) is 5.75 Å². The quantitative estimate of drug-likeness (QED) is 0.154. The van der Waals surface area contributed by atoms with Crippen molar-refractivity contribution in [3.8, 4) is 5.75 Å². The molecule has 1 saturated carbocycles.